The molecule has 0 bridgehead atoms. The molecule has 1 aliphatic rings. The highest BCUT2D eigenvalue weighted by Crippen LogP contribution is 2.16. The van der Waals surface area contributed by atoms with Crippen molar-refractivity contribution in [3.63, 3.8) is 0 Å². The van der Waals surface area contributed by atoms with Crippen LogP contribution in [0.5, 0.6) is 0 Å². The highest BCUT2D eigenvalue weighted by Gasteiger charge is 2.22. The van der Waals surface area contributed by atoms with E-state index in [0.717, 1.165) is 43.0 Å². The first kappa shape index (κ1) is 14.5. The van der Waals surface area contributed by atoms with Crippen LogP contribution in [0, 0.1) is 6.92 Å². The lowest BCUT2D eigenvalue weighted by atomic mass is 10.0. The molecule has 5 nitrogen and oxygen atoms in total. The predicted octanol–water partition coefficient (Wildman–Crippen LogP) is 2.18. The van der Waals surface area contributed by atoms with Crippen molar-refractivity contribution in [3.05, 3.63) is 53.9 Å². The Balaban J connectivity index is 1.55. The van der Waals surface area contributed by atoms with Gasteiger partial charge in [-0.1, -0.05) is 17.7 Å². The van der Waals surface area contributed by atoms with Crippen LogP contribution in [0.3, 0.4) is 0 Å². The molecule has 1 aromatic carbocycles. The molecule has 3 rings (SSSR count). The summed E-state index contributed by atoms with van der Waals surface area (Å²) < 4.78 is 0. The zero-order valence-corrected chi connectivity index (χ0v) is 12.7. The molecule has 0 radical (unpaired) electrons. The van der Waals surface area contributed by atoms with E-state index >= 15 is 0 Å². The maximum atomic E-state index is 12.3. The summed E-state index contributed by atoms with van der Waals surface area (Å²) in [5.41, 5.74) is 1.83. The Hall–Kier alpha value is -2.43. The van der Waals surface area contributed by atoms with E-state index in [9.17, 15) is 4.79 Å². The molecule has 1 fully saturated rings. The zero-order valence-electron chi connectivity index (χ0n) is 12.7. The number of benzene rings is 1. The molecule has 1 aromatic heterocycles. The van der Waals surface area contributed by atoms with Gasteiger partial charge in [-0.15, -0.1) is 0 Å². The van der Waals surface area contributed by atoms with Gasteiger partial charge in [-0.25, -0.2) is 9.97 Å². The first-order valence-electron chi connectivity index (χ1n) is 7.62. The minimum Gasteiger partial charge on any atom is -0.349 e. The molecule has 2 heterocycles. The Morgan fingerprint density at radius 3 is 2.59 bits per heavy atom. The third-order valence-corrected chi connectivity index (χ3v) is 3.95. The van der Waals surface area contributed by atoms with Crippen molar-refractivity contribution < 1.29 is 4.79 Å². The van der Waals surface area contributed by atoms with Crippen molar-refractivity contribution in [2.75, 3.05) is 18.0 Å². The first-order chi connectivity index (χ1) is 10.7. The molecule has 0 unspecified atom stereocenters. The molecule has 5 heteroatoms. The minimum atomic E-state index is 0.0121. The van der Waals surface area contributed by atoms with Crippen LogP contribution in [0.2, 0.25) is 0 Å². The quantitative estimate of drug-likeness (QED) is 0.943. The average Bonchev–Trinajstić information content (AvgIpc) is 2.56. The number of hydrogen-bond acceptors (Lipinski definition) is 4. The topological polar surface area (TPSA) is 58.1 Å². The van der Waals surface area contributed by atoms with Crippen molar-refractivity contribution in [1.29, 1.82) is 0 Å². The number of aromatic nitrogens is 2. The van der Waals surface area contributed by atoms with E-state index in [1.165, 1.54) is 0 Å². The van der Waals surface area contributed by atoms with Crippen molar-refractivity contribution >= 4 is 11.9 Å². The van der Waals surface area contributed by atoms with Crippen LogP contribution in [-0.4, -0.2) is 35.0 Å². The van der Waals surface area contributed by atoms with Gasteiger partial charge in [0.1, 0.15) is 0 Å². The van der Waals surface area contributed by atoms with Gasteiger partial charge in [-0.2, -0.15) is 0 Å². The van der Waals surface area contributed by atoms with Crippen LogP contribution in [0.4, 0.5) is 5.95 Å². The van der Waals surface area contributed by atoms with Crippen LogP contribution in [-0.2, 0) is 0 Å². The molecule has 114 valence electrons. The number of hydrogen-bond donors (Lipinski definition) is 1. The number of amides is 1. The molecular formula is C17H20N4O. The predicted molar refractivity (Wildman–Crippen MR) is 85.9 cm³/mol. The molecule has 22 heavy (non-hydrogen) atoms. The zero-order chi connectivity index (χ0) is 15.4. The number of nitrogens with zero attached hydrogens (tertiary/aromatic N) is 3. The van der Waals surface area contributed by atoms with E-state index in [1.54, 1.807) is 12.4 Å². The Morgan fingerprint density at radius 1 is 1.18 bits per heavy atom. The van der Waals surface area contributed by atoms with Crippen LogP contribution < -0.4 is 10.2 Å². The van der Waals surface area contributed by atoms with Gasteiger partial charge in [0.05, 0.1) is 0 Å². The van der Waals surface area contributed by atoms with Gasteiger partial charge in [0.15, 0.2) is 0 Å². The summed E-state index contributed by atoms with van der Waals surface area (Å²) >= 11 is 0. The third-order valence-electron chi connectivity index (χ3n) is 3.95. The molecule has 1 saturated heterocycles. The number of carbonyl (C=O) groups is 1. The number of rotatable bonds is 3. The van der Waals surface area contributed by atoms with Gasteiger partial charge in [0.2, 0.25) is 5.95 Å². The second-order valence-electron chi connectivity index (χ2n) is 5.65. The average molecular weight is 296 g/mol. The lowest BCUT2D eigenvalue weighted by molar-refractivity contribution is 0.0931. The van der Waals surface area contributed by atoms with Crippen LogP contribution in [0.15, 0.2) is 42.7 Å². The molecule has 2 aromatic rings. The summed E-state index contributed by atoms with van der Waals surface area (Å²) in [5.74, 6) is 0.782. The molecule has 1 aliphatic heterocycles. The van der Waals surface area contributed by atoms with Gasteiger partial charge in [0, 0.05) is 37.1 Å². The number of nitrogens with one attached hydrogen (secondary N) is 1. The van der Waals surface area contributed by atoms with Gasteiger partial charge < -0.3 is 10.2 Å². The smallest absolute Gasteiger partial charge is 0.251 e. The highest BCUT2D eigenvalue weighted by atomic mass is 16.1. The summed E-state index contributed by atoms with van der Waals surface area (Å²) in [7, 11) is 0. The Morgan fingerprint density at radius 2 is 1.91 bits per heavy atom. The summed E-state index contributed by atoms with van der Waals surface area (Å²) in [6.07, 6.45) is 5.34. The lowest BCUT2D eigenvalue weighted by Gasteiger charge is -2.32. The van der Waals surface area contributed by atoms with E-state index in [0.29, 0.717) is 0 Å². The Labute approximate surface area is 130 Å². The molecule has 1 amide bonds. The highest BCUT2D eigenvalue weighted by molar-refractivity contribution is 5.94. The monoisotopic (exact) mass is 296 g/mol. The van der Waals surface area contributed by atoms with Crippen LogP contribution in [0.1, 0.15) is 28.8 Å². The fraction of sp³-hybridized carbons (Fsp3) is 0.353. The van der Waals surface area contributed by atoms with Crippen molar-refractivity contribution in [2.45, 2.75) is 25.8 Å². The number of aryl methyl sites for hydroxylation is 1. The van der Waals surface area contributed by atoms with Gasteiger partial charge in [-0.3, -0.25) is 4.79 Å². The molecule has 0 atom stereocenters. The molecule has 0 spiro atoms. The second kappa shape index (κ2) is 6.56. The standard InChI is InChI=1S/C17H20N4O/c1-13-4-2-5-14(12-13)16(22)20-15-6-10-21(11-7-15)17-18-8-3-9-19-17/h2-5,8-9,12,15H,6-7,10-11H2,1H3,(H,20,22). The van der Waals surface area contributed by atoms with Crippen molar-refractivity contribution in [1.82, 2.24) is 15.3 Å². The van der Waals surface area contributed by atoms with Crippen LogP contribution >= 0.6 is 0 Å². The molecular weight excluding hydrogens is 276 g/mol. The molecule has 1 N–H and O–H groups in total. The van der Waals surface area contributed by atoms with E-state index in [-0.39, 0.29) is 11.9 Å². The maximum Gasteiger partial charge on any atom is 0.251 e. The lowest BCUT2D eigenvalue weighted by Crippen LogP contribution is -2.45. The minimum absolute atomic E-state index is 0.0121. The summed E-state index contributed by atoms with van der Waals surface area (Å²) in [6, 6.07) is 9.72. The maximum absolute atomic E-state index is 12.3. The second-order valence-corrected chi connectivity index (χ2v) is 5.65. The van der Waals surface area contributed by atoms with E-state index < -0.39 is 0 Å². The normalized spacial score (nSPS) is 15.6. The van der Waals surface area contributed by atoms with E-state index in [1.807, 2.05) is 37.3 Å². The number of anilines is 1. The Bertz CT molecular complexity index is 636. The fourth-order valence-corrected chi connectivity index (χ4v) is 2.73. The van der Waals surface area contributed by atoms with Crippen molar-refractivity contribution in [2.24, 2.45) is 0 Å². The van der Waals surface area contributed by atoms with Gasteiger partial charge in [0.25, 0.3) is 5.91 Å². The van der Waals surface area contributed by atoms with Crippen LogP contribution in [0.25, 0.3) is 0 Å². The summed E-state index contributed by atoms with van der Waals surface area (Å²) in [6.45, 7) is 3.72. The van der Waals surface area contributed by atoms with E-state index in [4.69, 9.17) is 0 Å². The number of carbonyl (C=O) groups excluding carboxylic acids is 1. The number of piperidine rings is 1. The molecule has 0 saturated carbocycles. The fourth-order valence-electron chi connectivity index (χ4n) is 2.73. The SMILES string of the molecule is Cc1cccc(C(=O)NC2CCN(c3ncccn3)CC2)c1. The summed E-state index contributed by atoms with van der Waals surface area (Å²) in [4.78, 5) is 23.0. The van der Waals surface area contributed by atoms with Gasteiger partial charge >= 0.3 is 0 Å². The van der Waals surface area contributed by atoms with E-state index in [2.05, 4.69) is 20.2 Å². The summed E-state index contributed by atoms with van der Waals surface area (Å²) in [5, 5.41) is 3.13. The third kappa shape index (κ3) is 3.42. The van der Waals surface area contributed by atoms with Gasteiger partial charge in [-0.05, 0) is 38.0 Å². The molecule has 0 aliphatic carbocycles. The largest absolute Gasteiger partial charge is 0.349 e. The first-order valence-corrected chi connectivity index (χ1v) is 7.62. The Kier molecular flexibility index (Phi) is 4.32. The van der Waals surface area contributed by atoms with Crippen molar-refractivity contribution in [3.8, 4) is 0 Å².